The molecule has 3 aromatic rings. The zero-order valence-corrected chi connectivity index (χ0v) is 16.4. The molecule has 28 heavy (non-hydrogen) atoms. The second-order valence-electron chi connectivity index (χ2n) is 7.27. The number of hydrogen-bond acceptors (Lipinski definition) is 5. The molecule has 0 bridgehead atoms. The largest absolute Gasteiger partial charge is 0.760 e. The number of aromatic amines is 1. The van der Waals surface area contributed by atoms with E-state index in [1.807, 2.05) is 18.3 Å². The summed E-state index contributed by atoms with van der Waals surface area (Å²) in [5.41, 5.74) is 4.35. The predicted molar refractivity (Wildman–Crippen MR) is 110 cm³/mol. The maximum Gasteiger partial charge on any atom is 0.0651 e. The average Bonchev–Trinajstić information content (AvgIpc) is 3.15. The van der Waals surface area contributed by atoms with Gasteiger partial charge in [-0.3, -0.25) is 14.2 Å². The Morgan fingerprint density at radius 1 is 1.25 bits per heavy atom. The molecule has 1 saturated heterocycles. The predicted octanol–water partition coefficient (Wildman–Crippen LogP) is 2.52. The Morgan fingerprint density at radius 2 is 2.14 bits per heavy atom. The van der Waals surface area contributed by atoms with Gasteiger partial charge in [0.1, 0.15) is 0 Å². The fraction of sp³-hybridized carbons (Fsp3) is 0.350. The standard InChI is InChI=1S/C20H25N5O2S/c26-28(27)22-11-15-3-1-4-16(9-15)13-25-8-2-5-19(14-25)23-18-6-7-20-17(10-18)12-21-24-20/h1,3-4,6-7,9-10,12,19,22-23H,2,5,8,11,13-14H2,(H,21,24)(H,26,27)/p-1/t19-/m0/s1. The summed E-state index contributed by atoms with van der Waals surface area (Å²) in [5, 5.41) is 11.8. The second-order valence-corrected chi connectivity index (χ2v) is 8.02. The van der Waals surface area contributed by atoms with Crippen LogP contribution in [0.4, 0.5) is 5.69 Å². The molecule has 0 radical (unpaired) electrons. The highest BCUT2D eigenvalue weighted by atomic mass is 32.2. The topological polar surface area (TPSA) is 96.1 Å². The Balaban J connectivity index is 1.35. The number of benzene rings is 2. The molecule has 2 heterocycles. The van der Waals surface area contributed by atoms with Crippen LogP contribution in [0.2, 0.25) is 0 Å². The van der Waals surface area contributed by atoms with E-state index in [1.165, 1.54) is 5.56 Å². The number of nitrogens with zero attached hydrogens (tertiary/aromatic N) is 2. The number of H-pyrrole nitrogens is 1. The van der Waals surface area contributed by atoms with Crippen molar-refractivity contribution in [1.29, 1.82) is 0 Å². The number of fused-ring (bicyclic) bond motifs is 1. The molecule has 0 aliphatic carbocycles. The molecule has 1 aliphatic rings. The van der Waals surface area contributed by atoms with E-state index in [4.69, 9.17) is 0 Å². The maximum atomic E-state index is 10.7. The molecule has 0 amide bonds. The molecule has 0 spiro atoms. The first-order chi connectivity index (χ1) is 13.7. The summed E-state index contributed by atoms with van der Waals surface area (Å²) in [5.74, 6) is 0. The fourth-order valence-electron chi connectivity index (χ4n) is 3.82. The van der Waals surface area contributed by atoms with Crippen molar-refractivity contribution in [3.63, 3.8) is 0 Å². The van der Waals surface area contributed by atoms with Crippen molar-refractivity contribution < 1.29 is 8.76 Å². The quantitative estimate of drug-likeness (QED) is 0.532. The van der Waals surface area contributed by atoms with Crippen molar-refractivity contribution in [2.45, 2.75) is 32.0 Å². The van der Waals surface area contributed by atoms with Gasteiger partial charge in [0.2, 0.25) is 0 Å². The lowest BCUT2D eigenvalue weighted by molar-refractivity contribution is 0.208. The van der Waals surface area contributed by atoms with Crippen molar-refractivity contribution in [2.24, 2.45) is 0 Å². The van der Waals surface area contributed by atoms with Gasteiger partial charge in [-0.2, -0.15) is 5.10 Å². The van der Waals surface area contributed by atoms with Crippen molar-refractivity contribution in [2.75, 3.05) is 18.4 Å². The smallest absolute Gasteiger partial charge is 0.0651 e. The van der Waals surface area contributed by atoms with E-state index in [1.54, 1.807) is 0 Å². The van der Waals surface area contributed by atoms with Gasteiger partial charge in [-0.15, -0.1) is 0 Å². The first kappa shape index (κ1) is 19.1. The minimum absolute atomic E-state index is 0.324. The van der Waals surface area contributed by atoms with Crippen LogP contribution in [0.15, 0.2) is 48.7 Å². The molecule has 1 unspecified atom stereocenters. The van der Waals surface area contributed by atoms with Gasteiger partial charge >= 0.3 is 0 Å². The molecule has 1 aromatic heterocycles. The summed E-state index contributed by atoms with van der Waals surface area (Å²) in [6.45, 7) is 3.25. The summed E-state index contributed by atoms with van der Waals surface area (Å²) in [6.07, 6.45) is 4.15. The number of likely N-dealkylation sites (tertiary alicyclic amines) is 1. The van der Waals surface area contributed by atoms with Crippen LogP contribution < -0.4 is 10.0 Å². The molecular weight excluding hydrogens is 374 g/mol. The van der Waals surface area contributed by atoms with E-state index in [0.717, 1.165) is 54.6 Å². The number of aromatic nitrogens is 2. The number of piperidine rings is 1. The van der Waals surface area contributed by atoms with Crippen LogP contribution in [0.1, 0.15) is 24.0 Å². The monoisotopic (exact) mass is 398 g/mol. The molecular formula is C20H24N5O2S-. The molecule has 7 nitrogen and oxygen atoms in total. The highest BCUT2D eigenvalue weighted by Gasteiger charge is 2.20. The summed E-state index contributed by atoms with van der Waals surface area (Å²) in [6, 6.07) is 14.8. The third-order valence-corrected chi connectivity index (χ3v) is 5.49. The van der Waals surface area contributed by atoms with E-state index < -0.39 is 11.3 Å². The van der Waals surface area contributed by atoms with Crippen molar-refractivity contribution in [3.8, 4) is 0 Å². The lowest BCUT2D eigenvalue weighted by Gasteiger charge is -2.33. The number of anilines is 1. The molecule has 8 heteroatoms. The van der Waals surface area contributed by atoms with Gasteiger partial charge in [0.25, 0.3) is 0 Å². The number of nitrogens with one attached hydrogen (secondary N) is 3. The lowest BCUT2D eigenvalue weighted by atomic mass is 10.0. The highest BCUT2D eigenvalue weighted by molar-refractivity contribution is 7.77. The van der Waals surface area contributed by atoms with Crippen molar-refractivity contribution in [1.82, 2.24) is 19.8 Å². The van der Waals surface area contributed by atoms with E-state index in [0.29, 0.717) is 12.6 Å². The Morgan fingerprint density at radius 3 is 3.04 bits per heavy atom. The fourth-order valence-corrected chi connectivity index (χ4v) is 4.11. The zero-order chi connectivity index (χ0) is 19.3. The van der Waals surface area contributed by atoms with Gasteiger partial charge < -0.3 is 9.87 Å². The van der Waals surface area contributed by atoms with Crippen LogP contribution in [-0.2, 0) is 24.4 Å². The van der Waals surface area contributed by atoms with Crippen LogP contribution >= 0.6 is 0 Å². The van der Waals surface area contributed by atoms with Gasteiger partial charge in [-0.25, -0.2) is 4.72 Å². The van der Waals surface area contributed by atoms with Crippen molar-refractivity contribution >= 4 is 27.9 Å². The third kappa shape index (κ3) is 4.96. The molecule has 1 aliphatic heterocycles. The normalized spacial score (nSPS) is 19.0. The first-order valence-corrected chi connectivity index (χ1v) is 10.6. The maximum absolute atomic E-state index is 10.7. The van der Waals surface area contributed by atoms with E-state index >= 15 is 0 Å². The second kappa shape index (κ2) is 8.83. The molecule has 3 N–H and O–H groups in total. The SMILES string of the molecule is O=S([O-])NCc1cccc(CN2CCC[C@H](Nc3ccc4[nH]ncc4c3)C2)c1. The van der Waals surface area contributed by atoms with Gasteiger partial charge in [-0.1, -0.05) is 24.3 Å². The average molecular weight is 399 g/mol. The van der Waals surface area contributed by atoms with Gasteiger partial charge in [0, 0.05) is 48.0 Å². The Labute approximate surface area is 166 Å². The third-order valence-electron chi connectivity index (χ3n) is 5.11. The minimum Gasteiger partial charge on any atom is -0.760 e. The molecule has 2 atom stereocenters. The van der Waals surface area contributed by atoms with Crippen molar-refractivity contribution in [3.05, 3.63) is 59.8 Å². The molecule has 1 fully saturated rings. The molecule has 0 saturated carbocycles. The van der Waals surface area contributed by atoms with Gasteiger partial charge in [0.15, 0.2) is 0 Å². The van der Waals surface area contributed by atoms with E-state index in [-0.39, 0.29) is 0 Å². The van der Waals surface area contributed by atoms with Crippen LogP contribution in [0.3, 0.4) is 0 Å². The van der Waals surface area contributed by atoms with Crippen LogP contribution in [0, 0.1) is 0 Å². The summed E-state index contributed by atoms with van der Waals surface area (Å²) in [7, 11) is 0. The van der Waals surface area contributed by atoms with Crippen LogP contribution in [-0.4, -0.2) is 43.0 Å². The van der Waals surface area contributed by atoms with Gasteiger partial charge in [-0.05, 0) is 48.7 Å². The Kier molecular flexibility index (Phi) is 6.01. The number of hydrogen-bond donors (Lipinski definition) is 3. The highest BCUT2D eigenvalue weighted by Crippen LogP contribution is 2.21. The van der Waals surface area contributed by atoms with Crippen LogP contribution in [0.5, 0.6) is 0 Å². The van der Waals surface area contributed by atoms with Gasteiger partial charge in [0.05, 0.1) is 11.7 Å². The van der Waals surface area contributed by atoms with E-state index in [9.17, 15) is 8.76 Å². The zero-order valence-electron chi connectivity index (χ0n) is 15.6. The lowest BCUT2D eigenvalue weighted by Crippen LogP contribution is -2.41. The molecule has 4 rings (SSSR count). The first-order valence-electron chi connectivity index (χ1n) is 9.48. The summed E-state index contributed by atoms with van der Waals surface area (Å²) < 4.78 is 23.8. The minimum atomic E-state index is -2.23. The molecule has 2 aromatic carbocycles. The Hall–Kier alpha value is -2.26. The number of rotatable bonds is 7. The molecule has 148 valence electrons. The Bertz CT molecular complexity index is 960. The summed E-state index contributed by atoms with van der Waals surface area (Å²) >= 11 is -2.23. The van der Waals surface area contributed by atoms with Crippen LogP contribution in [0.25, 0.3) is 10.9 Å². The van der Waals surface area contributed by atoms with E-state index in [2.05, 4.69) is 55.5 Å². The summed E-state index contributed by atoms with van der Waals surface area (Å²) in [4.78, 5) is 2.45.